The molecule has 1 aliphatic heterocycles. The number of anilines is 2. The Morgan fingerprint density at radius 1 is 1.08 bits per heavy atom. The first-order valence-electron chi connectivity index (χ1n) is 8.94. The summed E-state index contributed by atoms with van der Waals surface area (Å²) in [4.78, 5) is 26.0. The molecule has 5 heteroatoms. The van der Waals surface area contributed by atoms with Gasteiger partial charge in [-0.2, -0.15) is 0 Å². The molecule has 0 bridgehead atoms. The Morgan fingerprint density at radius 2 is 1.73 bits per heavy atom. The molecule has 1 amide bonds. The monoisotopic (exact) mass is 352 g/mol. The molecule has 1 fully saturated rings. The molecular formula is C21H24N2O3. The lowest BCUT2D eigenvalue weighted by molar-refractivity contribution is 0.0696. The molecule has 26 heavy (non-hydrogen) atoms. The number of aromatic carboxylic acids is 1. The lowest BCUT2D eigenvalue weighted by Gasteiger charge is -2.33. The molecule has 5 nitrogen and oxygen atoms in total. The van der Waals surface area contributed by atoms with Crippen molar-refractivity contribution in [1.82, 2.24) is 0 Å². The molecule has 0 radical (unpaired) electrons. The summed E-state index contributed by atoms with van der Waals surface area (Å²) < 4.78 is 0. The van der Waals surface area contributed by atoms with Crippen LogP contribution in [0.3, 0.4) is 0 Å². The minimum atomic E-state index is -0.983. The van der Waals surface area contributed by atoms with Gasteiger partial charge in [-0.25, -0.2) is 4.79 Å². The van der Waals surface area contributed by atoms with Crippen molar-refractivity contribution >= 4 is 23.3 Å². The molecule has 136 valence electrons. The molecule has 2 N–H and O–H groups in total. The summed E-state index contributed by atoms with van der Waals surface area (Å²) in [6.07, 6.45) is 2.26. The molecule has 0 spiro atoms. The number of nitrogens with zero attached hydrogens (tertiary/aromatic N) is 1. The summed E-state index contributed by atoms with van der Waals surface area (Å²) in [7, 11) is 0. The Morgan fingerprint density at radius 3 is 2.35 bits per heavy atom. The van der Waals surface area contributed by atoms with Gasteiger partial charge < -0.3 is 15.3 Å². The zero-order valence-electron chi connectivity index (χ0n) is 15.2. The van der Waals surface area contributed by atoms with E-state index in [2.05, 4.69) is 23.2 Å². The summed E-state index contributed by atoms with van der Waals surface area (Å²) in [6.45, 7) is 6.21. The van der Waals surface area contributed by atoms with E-state index in [-0.39, 0.29) is 11.5 Å². The maximum absolute atomic E-state index is 12.8. The SMILES string of the molecule is Cc1ccc(C(=O)Nc2ccc(C(=O)O)cc2)c(N2CCC(C)CC2)c1. The second kappa shape index (κ2) is 7.60. The van der Waals surface area contributed by atoms with Gasteiger partial charge in [0, 0.05) is 24.5 Å². The van der Waals surface area contributed by atoms with E-state index in [0.717, 1.165) is 43.1 Å². The minimum absolute atomic E-state index is 0.179. The van der Waals surface area contributed by atoms with Crippen LogP contribution in [0.4, 0.5) is 11.4 Å². The number of amides is 1. The standard InChI is InChI=1S/C21H24N2O3/c1-14-9-11-23(12-10-14)19-13-15(2)3-8-18(19)20(24)22-17-6-4-16(5-7-17)21(25)26/h3-8,13-14H,9-12H2,1-2H3,(H,22,24)(H,25,26). The molecule has 0 unspecified atom stereocenters. The third-order valence-corrected chi connectivity index (χ3v) is 4.91. The van der Waals surface area contributed by atoms with Gasteiger partial charge in [0.1, 0.15) is 0 Å². The molecule has 1 saturated heterocycles. The van der Waals surface area contributed by atoms with Crippen LogP contribution in [-0.2, 0) is 0 Å². The number of nitrogens with one attached hydrogen (secondary N) is 1. The lowest BCUT2D eigenvalue weighted by atomic mass is 9.97. The average Bonchev–Trinajstić information content (AvgIpc) is 2.62. The van der Waals surface area contributed by atoms with Crippen molar-refractivity contribution in [3.05, 3.63) is 59.2 Å². The van der Waals surface area contributed by atoms with Crippen LogP contribution in [0, 0.1) is 12.8 Å². The molecule has 0 atom stereocenters. The molecule has 2 aromatic rings. The van der Waals surface area contributed by atoms with E-state index in [1.807, 2.05) is 19.1 Å². The Labute approximate surface area is 153 Å². The number of hydrogen-bond acceptors (Lipinski definition) is 3. The van der Waals surface area contributed by atoms with Crippen molar-refractivity contribution in [2.45, 2.75) is 26.7 Å². The molecule has 0 aromatic heterocycles. The topological polar surface area (TPSA) is 69.6 Å². The summed E-state index contributed by atoms with van der Waals surface area (Å²) in [5.41, 5.74) is 3.52. The lowest BCUT2D eigenvalue weighted by Crippen LogP contribution is -2.34. The van der Waals surface area contributed by atoms with Crippen molar-refractivity contribution in [3.63, 3.8) is 0 Å². The van der Waals surface area contributed by atoms with Gasteiger partial charge in [-0.3, -0.25) is 4.79 Å². The predicted molar refractivity (Wildman–Crippen MR) is 103 cm³/mol. The van der Waals surface area contributed by atoms with Crippen molar-refractivity contribution in [3.8, 4) is 0 Å². The van der Waals surface area contributed by atoms with Crippen LogP contribution in [0.15, 0.2) is 42.5 Å². The van der Waals surface area contributed by atoms with E-state index in [4.69, 9.17) is 5.11 Å². The highest BCUT2D eigenvalue weighted by atomic mass is 16.4. The number of piperidine rings is 1. The molecule has 0 aliphatic carbocycles. The van der Waals surface area contributed by atoms with Gasteiger partial charge in [0.05, 0.1) is 11.1 Å². The molecule has 1 heterocycles. The van der Waals surface area contributed by atoms with E-state index in [9.17, 15) is 9.59 Å². The molecular weight excluding hydrogens is 328 g/mol. The number of aryl methyl sites for hydroxylation is 1. The normalized spacial score (nSPS) is 14.9. The number of carbonyl (C=O) groups excluding carboxylic acids is 1. The van der Waals surface area contributed by atoms with E-state index in [0.29, 0.717) is 11.3 Å². The van der Waals surface area contributed by atoms with E-state index in [1.54, 1.807) is 12.1 Å². The summed E-state index contributed by atoms with van der Waals surface area (Å²) in [5, 5.41) is 11.8. The number of rotatable bonds is 4. The van der Waals surface area contributed by atoms with Crippen LogP contribution in [0.1, 0.15) is 46.0 Å². The number of hydrogen-bond donors (Lipinski definition) is 2. The quantitative estimate of drug-likeness (QED) is 0.866. The van der Waals surface area contributed by atoms with Gasteiger partial charge in [-0.05, 0) is 67.6 Å². The van der Waals surface area contributed by atoms with Crippen LogP contribution in [-0.4, -0.2) is 30.1 Å². The third-order valence-electron chi connectivity index (χ3n) is 4.91. The highest BCUT2D eigenvalue weighted by molar-refractivity contribution is 6.08. The Balaban J connectivity index is 1.81. The van der Waals surface area contributed by atoms with Gasteiger partial charge >= 0.3 is 5.97 Å². The largest absolute Gasteiger partial charge is 0.478 e. The summed E-state index contributed by atoms with van der Waals surface area (Å²) in [6, 6.07) is 12.1. The smallest absolute Gasteiger partial charge is 0.335 e. The van der Waals surface area contributed by atoms with E-state index < -0.39 is 5.97 Å². The maximum Gasteiger partial charge on any atom is 0.335 e. The fourth-order valence-electron chi connectivity index (χ4n) is 3.24. The number of carbonyl (C=O) groups is 2. The third kappa shape index (κ3) is 4.04. The van der Waals surface area contributed by atoms with E-state index >= 15 is 0 Å². The second-order valence-electron chi connectivity index (χ2n) is 7.03. The van der Waals surface area contributed by atoms with Crippen molar-refractivity contribution in [1.29, 1.82) is 0 Å². The zero-order valence-corrected chi connectivity index (χ0v) is 15.2. The van der Waals surface area contributed by atoms with Crippen molar-refractivity contribution in [2.75, 3.05) is 23.3 Å². The number of benzene rings is 2. The zero-order chi connectivity index (χ0) is 18.7. The van der Waals surface area contributed by atoms with Gasteiger partial charge in [0.2, 0.25) is 0 Å². The van der Waals surface area contributed by atoms with Gasteiger partial charge in [-0.1, -0.05) is 13.0 Å². The molecule has 0 saturated carbocycles. The Hall–Kier alpha value is -2.82. The van der Waals surface area contributed by atoms with Crippen LogP contribution in [0.2, 0.25) is 0 Å². The average molecular weight is 352 g/mol. The highest BCUT2D eigenvalue weighted by Crippen LogP contribution is 2.28. The first-order valence-corrected chi connectivity index (χ1v) is 8.94. The van der Waals surface area contributed by atoms with E-state index in [1.165, 1.54) is 12.1 Å². The summed E-state index contributed by atoms with van der Waals surface area (Å²) >= 11 is 0. The molecule has 3 rings (SSSR count). The van der Waals surface area contributed by atoms with Crippen LogP contribution >= 0.6 is 0 Å². The highest BCUT2D eigenvalue weighted by Gasteiger charge is 2.21. The van der Waals surface area contributed by atoms with Crippen LogP contribution < -0.4 is 10.2 Å². The van der Waals surface area contributed by atoms with Gasteiger partial charge in [-0.15, -0.1) is 0 Å². The first kappa shape index (κ1) is 18.0. The Kier molecular flexibility index (Phi) is 5.26. The summed E-state index contributed by atoms with van der Waals surface area (Å²) in [5.74, 6) is -0.439. The Bertz CT molecular complexity index is 807. The fraction of sp³-hybridized carbons (Fsp3) is 0.333. The van der Waals surface area contributed by atoms with Crippen molar-refractivity contribution < 1.29 is 14.7 Å². The van der Waals surface area contributed by atoms with Gasteiger partial charge in [0.15, 0.2) is 0 Å². The molecule has 2 aromatic carbocycles. The maximum atomic E-state index is 12.8. The van der Waals surface area contributed by atoms with Crippen LogP contribution in [0.25, 0.3) is 0 Å². The number of carboxylic acids is 1. The molecule has 1 aliphatic rings. The van der Waals surface area contributed by atoms with Crippen LogP contribution in [0.5, 0.6) is 0 Å². The van der Waals surface area contributed by atoms with Crippen molar-refractivity contribution in [2.24, 2.45) is 5.92 Å². The fourth-order valence-corrected chi connectivity index (χ4v) is 3.24. The van der Waals surface area contributed by atoms with Gasteiger partial charge in [0.25, 0.3) is 5.91 Å². The first-order chi connectivity index (χ1) is 12.4. The number of carboxylic acid groups (broad SMARTS) is 1. The minimum Gasteiger partial charge on any atom is -0.478 e. The second-order valence-corrected chi connectivity index (χ2v) is 7.03. The predicted octanol–water partition coefficient (Wildman–Crippen LogP) is 4.18.